The molecule has 1 saturated heterocycles. The fourth-order valence-electron chi connectivity index (χ4n) is 3.95. The number of aryl methyl sites for hydroxylation is 1. The zero-order valence-electron chi connectivity index (χ0n) is 16.7. The van der Waals surface area contributed by atoms with E-state index in [1.54, 1.807) is 14.2 Å². The van der Waals surface area contributed by atoms with Crippen molar-refractivity contribution < 1.29 is 18.7 Å². The summed E-state index contributed by atoms with van der Waals surface area (Å²) in [5.41, 5.74) is 5.41. The Kier molecular flexibility index (Phi) is 5.39. The predicted octanol–water partition coefficient (Wildman–Crippen LogP) is 2.48. The van der Waals surface area contributed by atoms with Gasteiger partial charge in [0.1, 0.15) is 17.3 Å². The Balaban J connectivity index is 1.68. The summed E-state index contributed by atoms with van der Waals surface area (Å²) in [5, 5.41) is 1.98. The van der Waals surface area contributed by atoms with Gasteiger partial charge in [-0.05, 0) is 37.7 Å². The van der Waals surface area contributed by atoms with Crippen LogP contribution < -0.4 is 10.2 Å². The minimum atomic E-state index is -0.135. The lowest BCUT2D eigenvalue weighted by molar-refractivity contribution is 0.0651. The van der Waals surface area contributed by atoms with Crippen LogP contribution in [-0.4, -0.2) is 63.3 Å². The molecule has 2 aromatic rings. The van der Waals surface area contributed by atoms with E-state index in [4.69, 9.17) is 13.9 Å². The maximum absolute atomic E-state index is 13.3. The van der Waals surface area contributed by atoms with E-state index in [1.807, 2.05) is 29.3 Å². The number of furan rings is 1. The summed E-state index contributed by atoms with van der Waals surface area (Å²) in [6.45, 7) is 3.45. The average molecular weight is 385 g/mol. The van der Waals surface area contributed by atoms with Crippen molar-refractivity contribution in [2.75, 3.05) is 47.4 Å². The summed E-state index contributed by atoms with van der Waals surface area (Å²) < 4.78 is 17.1. The number of hydrogen-bond donors (Lipinski definition) is 1. The van der Waals surface area contributed by atoms with Crippen molar-refractivity contribution in [3.63, 3.8) is 0 Å². The molecule has 1 atom stereocenters. The van der Waals surface area contributed by atoms with E-state index in [2.05, 4.69) is 17.4 Å². The molecule has 7 nitrogen and oxygen atoms in total. The number of rotatable bonds is 5. The Labute approximate surface area is 165 Å². The van der Waals surface area contributed by atoms with Gasteiger partial charge in [-0.25, -0.2) is 5.01 Å². The fraction of sp³-hybridized carbons (Fsp3) is 0.476. The lowest BCUT2D eigenvalue weighted by atomic mass is 10.0. The van der Waals surface area contributed by atoms with Crippen LogP contribution in [0.15, 0.2) is 28.7 Å². The van der Waals surface area contributed by atoms with Crippen molar-refractivity contribution in [2.45, 2.75) is 18.9 Å². The molecule has 1 fully saturated rings. The topological polar surface area (TPSA) is 67.2 Å². The first kappa shape index (κ1) is 19.0. The number of hydrogen-bond acceptors (Lipinski definition) is 6. The Morgan fingerprint density at radius 2 is 1.86 bits per heavy atom. The molecule has 2 heterocycles. The summed E-state index contributed by atoms with van der Waals surface area (Å²) in [6, 6.07) is 7.58. The van der Waals surface area contributed by atoms with Gasteiger partial charge in [-0.3, -0.25) is 10.2 Å². The largest absolute Gasteiger partial charge is 0.497 e. The molecule has 1 amide bonds. The zero-order chi connectivity index (χ0) is 19.7. The molecule has 0 saturated carbocycles. The van der Waals surface area contributed by atoms with Crippen molar-refractivity contribution in [1.82, 2.24) is 15.3 Å². The molecule has 2 aliphatic rings. The van der Waals surface area contributed by atoms with Gasteiger partial charge in [0.15, 0.2) is 0 Å². The van der Waals surface area contributed by atoms with Gasteiger partial charge in [-0.15, -0.1) is 0 Å². The Morgan fingerprint density at radius 3 is 2.50 bits per heavy atom. The van der Waals surface area contributed by atoms with Crippen LogP contribution in [0.25, 0.3) is 11.3 Å². The molecule has 1 unspecified atom stereocenters. The summed E-state index contributed by atoms with van der Waals surface area (Å²) in [5.74, 6) is 2.08. The van der Waals surface area contributed by atoms with Crippen LogP contribution in [0.2, 0.25) is 0 Å². The minimum absolute atomic E-state index is 0.112. The van der Waals surface area contributed by atoms with E-state index >= 15 is 0 Å². The molecule has 1 aliphatic carbocycles. The van der Waals surface area contributed by atoms with Crippen LogP contribution in [0.1, 0.15) is 34.2 Å². The highest BCUT2D eigenvalue weighted by atomic mass is 16.5. The smallest absolute Gasteiger partial charge is 0.269 e. The Bertz CT molecular complexity index is 838. The second-order valence-electron chi connectivity index (χ2n) is 7.37. The van der Waals surface area contributed by atoms with E-state index in [0.717, 1.165) is 61.7 Å². The number of nitrogens with one attached hydrogen (secondary N) is 1. The zero-order valence-corrected chi connectivity index (χ0v) is 16.7. The molecule has 1 N–H and O–H groups in total. The second kappa shape index (κ2) is 7.95. The third-order valence-corrected chi connectivity index (χ3v) is 5.60. The van der Waals surface area contributed by atoms with Crippen molar-refractivity contribution in [2.24, 2.45) is 0 Å². The van der Waals surface area contributed by atoms with Crippen LogP contribution in [0.3, 0.4) is 0 Å². The molecular weight excluding hydrogens is 358 g/mol. The Hall–Kier alpha value is -2.35. The van der Waals surface area contributed by atoms with E-state index < -0.39 is 0 Å². The summed E-state index contributed by atoms with van der Waals surface area (Å²) in [7, 11) is 5.41. The highest BCUT2D eigenvalue weighted by molar-refractivity contribution is 6.01. The Morgan fingerprint density at radius 1 is 1.14 bits per heavy atom. The van der Waals surface area contributed by atoms with Gasteiger partial charge >= 0.3 is 0 Å². The normalized spacial score (nSPS) is 20.2. The molecule has 1 aromatic carbocycles. The average Bonchev–Trinajstić information content (AvgIpc) is 3.28. The monoisotopic (exact) mass is 385 g/mol. The van der Waals surface area contributed by atoms with Gasteiger partial charge in [0.25, 0.3) is 5.91 Å². The molecule has 0 bridgehead atoms. The van der Waals surface area contributed by atoms with E-state index in [1.165, 1.54) is 0 Å². The molecule has 4 rings (SSSR count). The van der Waals surface area contributed by atoms with Gasteiger partial charge in [0.05, 0.1) is 18.8 Å². The molecule has 150 valence electrons. The number of ether oxygens (including phenoxy) is 2. The SMILES string of the molecule is COc1ccc(-c2oc3c(c2C(=O)NN2CCN(C)CC2)C(OC)CC3)cc1. The minimum Gasteiger partial charge on any atom is -0.497 e. The number of carbonyl (C=O) groups is 1. The van der Waals surface area contributed by atoms with Crippen molar-refractivity contribution in [3.05, 3.63) is 41.2 Å². The molecule has 0 spiro atoms. The molecule has 1 aliphatic heterocycles. The number of nitrogens with zero attached hydrogens (tertiary/aromatic N) is 2. The number of benzene rings is 1. The molecule has 1 aromatic heterocycles. The fourth-order valence-corrected chi connectivity index (χ4v) is 3.95. The first-order valence-electron chi connectivity index (χ1n) is 9.68. The standard InChI is InChI=1S/C21H27N3O4/c1-23-10-12-24(13-11-23)22-21(25)19-18-16(27-3)8-9-17(18)28-20(19)14-4-6-15(26-2)7-5-14/h4-7,16H,8-13H2,1-3H3,(H,22,25). The van der Waals surface area contributed by atoms with Crippen molar-refractivity contribution in [3.8, 4) is 17.1 Å². The van der Waals surface area contributed by atoms with Crippen LogP contribution in [0.5, 0.6) is 5.75 Å². The predicted molar refractivity (Wildman–Crippen MR) is 105 cm³/mol. The molecule has 7 heteroatoms. The number of amides is 1. The second-order valence-corrected chi connectivity index (χ2v) is 7.37. The van der Waals surface area contributed by atoms with Gasteiger partial charge in [0, 0.05) is 50.8 Å². The van der Waals surface area contributed by atoms with Crippen LogP contribution in [0, 0.1) is 0 Å². The highest BCUT2D eigenvalue weighted by Crippen LogP contribution is 2.43. The third-order valence-electron chi connectivity index (χ3n) is 5.60. The highest BCUT2D eigenvalue weighted by Gasteiger charge is 2.36. The summed E-state index contributed by atoms with van der Waals surface area (Å²) in [6.07, 6.45) is 1.50. The van der Waals surface area contributed by atoms with Gasteiger partial charge < -0.3 is 18.8 Å². The van der Waals surface area contributed by atoms with Gasteiger partial charge in [-0.2, -0.15) is 0 Å². The van der Waals surface area contributed by atoms with Gasteiger partial charge in [-0.1, -0.05) is 0 Å². The first-order valence-corrected chi connectivity index (χ1v) is 9.68. The number of likely N-dealkylation sites (N-methyl/N-ethyl adjacent to an activating group) is 1. The van der Waals surface area contributed by atoms with Gasteiger partial charge in [0.2, 0.25) is 0 Å². The number of carbonyl (C=O) groups excluding carboxylic acids is 1. The lowest BCUT2D eigenvalue weighted by Crippen LogP contribution is -2.52. The number of fused-ring (bicyclic) bond motifs is 1. The van der Waals surface area contributed by atoms with E-state index in [9.17, 15) is 4.79 Å². The quantitative estimate of drug-likeness (QED) is 0.853. The maximum atomic E-state index is 13.3. The number of piperazine rings is 1. The van der Waals surface area contributed by atoms with E-state index in [-0.39, 0.29) is 12.0 Å². The third kappa shape index (κ3) is 3.53. The first-order chi connectivity index (χ1) is 13.6. The van der Waals surface area contributed by atoms with E-state index in [0.29, 0.717) is 11.3 Å². The van der Waals surface area contributed by atoms with Crippen LogP contribution in [0.4, 0.5) is 0 Å². The summed E-state index contributed by atoms with van der Waals surface area (Å²) >= 11 is 0. The number of methoxy groups -OCH3 is 2. The van der Waals surface area contributed by atoms with Crippen LogP contribution in [-0.2, 0) is 11.2 Å². The number of hydrazine groups is 1. The molecule has 0 radical (unpaired) electrons. The lowest BCUT2D eigenvalue weighted by Gasteiger charge is -2.32. The van der Waals surface area contributed by atoms with Crippen molar-refractivity contribution in [1.29, 1.82) is 0 Å². The molecular formula is C21H27N3O4. The maximum Gasteiger partial charge on any atom is 0.269 e. The van der Waals surface area contributed by atoms with Crippen molar-refractivity contribution >= 4 is 5.91 Å². The van der Waals surface area contributed by atoms with Crippen LogP contribution >= 0.6 is 0 Å². The summed E-state index contributed by atoms with van der Waals surface area (Å²) in [4.78, 5) is 15.5. The molecule has 28 heavy (non-hydrogen) atoms.